The summed E-state index contributed by atoms with van der Waals surface area (Å²) in [5.74, 6) is 0.887. The summed E-state index contributed by atoms with van der Waals surface area (Å²) in [6.45, 7) is 5.02. The second kappa shape index (κ2) is 5.51. The van der Waals surface area contributed by atoms with Gasteiger partial charge in [-0.1, -0.05) is 0 Å². The Morgan fingerprint density at radius 1 is 1.19 bits per heavy atom. The van der Waals surface area contributed by atoms with E-state index >= 15 is 0 Å². The maximum atomic E-state index is 4.35. The molecule has 0 unspecified atom stereocenters. The molecule has 0 bridgehead atoms. The van der Waals surface area contributed by atoms with E-state index in [4.69, 9.17) is 0 Å². The number of hydrogen-bond acceptors (Lipinski definition) is 5. The highest BCUT2D eigenvalue weighted by Gasteiger charge is 2.11. The number of imidazole rings is 1. The van der Waals surface area contributed by atoms with Crippen LogP contribution in [0.1, 0.15) is 23.4 Å². The van der Waals surface area contributed by atoms with Crippen LogP contribution in [0.3, 0.4) is 0 Å². The lowest BCUT2D eigenvalue weighted by Gasteiger charge is -2.18. The third-order valence-corrected chi connectivity index (χ3v) is 3.77. The van der Waals surface area contributed by atoms with E-state index in [1.165, 1.54) is 5.56 Å². The Hall–Kier alpha value is -2.44. The molecule has 7 heteroatoms. The minimum absolute atomic E-state index is 0.702. The molecule has 110 valence electrons. The van der Waals surface area contributed by atoms with Crippen LogP contribution < -0.4 is 4.90 Å². The first-order chi connectivity index (χ1) is 10.2. The van der Waals surface area contributed by atoms with E-state index < -0.39 is 0 Å². The molecule has 2 N–H and O–H groups in total. The summed E-state index contributed by atoms with van der Waals surface area (Å²) in [7, 11) is 2.04. The topological polar surface area (TPSA) is 86.4 Å². The van der Waals surface area contributed by atoms with E-state index in [1.807, 2.05) is 14.0 Å². The number of aryl methyl sites for hydroxylation is 2. The van der Waals surface area contributed by atoms with Crippen molar-refractivity contribution in [2.24, 2.45) is 0 Å². The summed E-state index contributed by atoms with van der Waals surface area (Å²) in [6, 6.07) is 0. The van der Waals surface area contributed by atoms with Crippen molar-refractivity contribution in [1.82, 2.24) is 30.1 Å². The van der Waals surface area contributed by atoms with Crippen molar-refractivity contribution in [3.05, 3.63) is 29.6 Å². The Labute approximate surface area is 122 Å². The molecule has 0 fully saturated rings. The Morgan fingerprint density at radius 2 is 2.05 bits per heavy atom. The van der Waals surface area contributed by atoms with Crippen molar-refractivity contribution in [3.8, 4) is 0 Å². The summed E-state index contributed by atoms with van der Waals surface area (Å²) in [6.07, 6.45) is 5.25. The molecule has 3 rings (SSSR count). The fraction of sp³-hybridized carbons (Fsp3) is 0.429. The van der Waals surface area contributed by atoms with Crippen molar-refractivity contribution in [2.45, 2.75) is 26.7 Å². The highest BCUT2D eigenvalue weighted by molar-refractivity contribution is 5.82. The van der Waals surface area contributed by atoms with Gasteiger partial charge in [-0.05, 0) is 32.3 Å². The molecule has 3 aromatic rings. The minimum atomic E-state index is 0.702. The molecule has 0 atom stereocenters. The van der Waals surface area contributed by atoms with Gasteiger partial charge in [0.05, 0.1) is 12.0 Å². The second-order valence-corrected chi connectivity index (χ2v) is 5.24. The molecule has 0 saturated heterocycles. The van der Waals surface area contributed by atoms with Gasteiger partial charge in [-0.25, -0.2) is 15.0 Å². The first-order valence-corrected chi connectivity index (χ1v) is 7.02. The van der Waals surface area contributed by atoms with Crippen LogP contribution in [0.5, 0.6) is 0 Å². The third-order valence-electron chi connectivity index (χ3n) is 3.77. The molecule has 0 aliphatic rings. The SMILES string of the molecule is Cc1n[nH]c(C)c1CCCN(C)c1ncnc2nc[nH]c12. The van der Waals surface area contributed by atoms with E-state index in [-0.39, 0.29) is 0 Å². The standard InChI is InChI=1S/C14H19N7/c1-9-11(10(2)20-19-9)5-4-6-21(3)14-12-13(16-7-15-12)17-8-18-14/h7-8H,4-6H2,1-3H3,(H,19,20)(H,15,16,17,18). The highest BCUT2D eigenvalue weighted by atomic mass is 15.2. The Bertz CT molecular complexity index is 723. The molecular formula is C14H19N7. The fourth-order valence-electron chi connectivity index (χ4n) is 2.58. The summed E-state index contributed by atoms with van der Waals surface area (Å²) in [4.78, 5) is 17.9. The van der Waals surface area contributed by atoms with Crippen LogP contribution in [0.15, 0.2) is 12.7 Å². The molecule has 3 aromatic heterocycles. The summed E-state index contributed by atoms with van der Waals surface area (Å²) < 4.78 is 0. The lowest BCUT2D eigenvalue weighted by Crippen LogP contribution is -2.20. The first-order valence-electron chi connectivity index (χ1n) is 7.02. The summed E-state index contributed by atoms with van der Waals surface area (Å²) >= 11 is 0. The Morgan fingerprint density at radius 3 is 2.81 bits per heavy atom. The predicted octanol–water partition coefficient (Wildman–Crippen LogP) is 1.76. The van der Waals surface area contributed by atoms with Gasteiger partial charge in [0.2, 0.25) is 0 Å². The first kappa shape index (κ1) is 13.5. The number of H-pyrrole nitrogens is 2. The molecule has 0 amide bonds. The Kier molecular flexibility index (Phi) is 3.55. The maximum Gasteiger partial charge on any atom is 0.182 e. The average molecular weight is 285 g/mol. The van der Waals surface area contributed by atoms with Gasteiger partial charge in [-0.2, -0.15) is 5.10 Å². The monoisotopic (exact) mass is 285 g/mol. The smallest absolute Gasteiger partial charge is 0.182 e. The highest BCUT2D eigenvalue weighted by Crippen LogP contribution is 2.19. The van der Waals surface area contributed by atoms with Gasteiger partial charge in [0.1, 0.15) is 11.8 Å². The lowest BCUT2D eigenvalue weighted by molar-refractivity contribution is 0.773. The third kappa shape index (κ3) is 2.58. The number of rotatable bonds is 5. The van der Waals surface area contributed by atoms with Crippen LogP contribution in [0.25, 0.3) is 11.2 Å². The zero-order valence-electron chi connectivity index (χ0n) is 12.5. The molecular weight excluding hydrogens is 266 g/mol. The van der Waals surface area contributed by atoms with Crippen LogP contribution in [-0.2, 0) is 6.42 Å². The van der Waals surface area contributed by atoms with Crippen LogP contribution in [-0.4, -0.2) is 43.7 Å². The maximum absolute atomic E-state index is 4.35. The van der Waals surface area contributed by atoms with E-state index in [9.17, 15) is 0 Å². The largest absolute Gasteiger partial charge is 0.358 e. The molecule has 0 spiro atoms. The molecule has 0 saturated carbocycles. The average Bonchev–Trinajstić information content (AvgIpc) is 3.07. The molecule has 0 aliphatic heterocycles. The Balaban J connectivity index is 1.67. The number of nitrogens with one attached hydrogen (secondary N) is 2. The fourth-order valence-corrected chi connectivity index (χ4v) is 2.58. The number of nitrogens with zero attached hydrogens (tertiary/aromatic N) is 5. The van der Waals surface area contributed by atoms with Gasteiger partial charge in [0, 0.05) is 19.3 Å². The molecule has 3 heterocycles. The molecule has 0 aromatic carbocycles. The van der Waals surface area contributed by atoms with Crippen molar-refractivity contribution in [3.63, 3.8) is 0 Å². The zero-order valence-corrected chi connectivity index (χ0v) is 12.5. The van der Waals surface area contributed by atoms with E-state index in [2.05, 4.69) is 42.0 Å². The van der Waals surface area contributed by atoms with Crippen molar-refractivity contribution < 1.29 is 0 Å². The second-order valence-electron chi connectivity index (χ2n) is 5.24. The summed E-state index contributed by atoms with van der Waals surface area (Å²) in [5.41, 5.74) is 5.16. The number of aromatic nitrogens is 6. The normalized spacial score (nSPS) is 11.2. The van der Waals surface area contributed by atoms with Crippen molar-refractivity contribution in [2.75, 3.05) is 18.5 Å². The van der Waals surface area contributed by atoms with Crippen molar-refractivity contribution >= 4 is 17.0 Å². The van der Waals surface area contributed by atoms with Crippen LogP contribution >= 0.6 is 0 Å². The number of hydrogen-bond donors (Lipinski definition) is 2. The van der Waals surface area contributed by atoms with Gasteiger partial charge in [-0.3, -0.25) is 5.10 Å². The zero-order chi connectivity index (χ0) is 14.8. The van der Waals surface area contributed by atoms with Crippen LogP contribution in [0, 0.1) is 13.8 Å². The van der Waals surface area contributed by atoms with Gasteiger partial charge in [0.15, 0.2) is 11.5 Å². The van der Waals surface area contributed by atoms with Crippen molar-refractivity contribution in [1.29, 1.82) is 0 Å². The summed E-state index contributed by atoms with van der Waals surface area (Å²) in [5, 5.41) is 7.26. The van der Waals surface area contributed by atoms with Gasteiger partial charge >= 0.3 is 0 Å². The van der Waals surface area contributed by atoms with E-state index in [0.717, 1.165) is 42.1 Å². The molecule has 0 aliphatic carbocycles. The quantitative estimate of drug-likeness (QED) is 0.746. The van der Waals surface area contributed by atoms with Gasteiger partial charge < -0.3 is 9.88 Å². The number of aromatic amines is 2. The predicted molar refractivity (Wildman–Crippen MR) is 81.3 cm³/mol. The number of anilines is 1. The van der Waals surface area contributed by atoms with E-state index in [0.29, 0.717) is 5.65 Å². The molecule has 7 nitrogen and oxygen atoms in total. The van der Waals surface area contributed by atoms with Gasteiger partial charge in [0.25, 0.3) is 0 Å². The van der Waals surface area contributed by atoms with E-state index in [1.54, 1.807) is 12.7 Å². The van der Waals surface area contributed by atoms with Crippen LogP contribution in [0.4, 0.5) is 5.82 Å². The minimum Gasteiger partial charge on any atom is -0.358 e. The lowest BCUT2D eigenvalue weighted by atomic mass is 10.1. The number of fused-ring (bicyclic) bond motifs is 1. The molecule has 0 radical (unpaired) electrons. The van der Waals surface area contributed by atoms with Crippen LogP contribution in [0.2, 0.25) is 0 Å². The molecule has 21 heavy (non-hydrogen) atoms. The van der Waals surface area contributed by atoms with Gasteiger partial charge in [-0.15, -0.1) is 0 Å².